The van der Waals surface area contributed by atoms with Gasteiger partial charge in [0.1, 0.15) is 0 Å². The van der Waals surface area contributed by atoms with Crippen LogP contribution in [0.4, 0.5) is 0 Å². The first-order valence-electron chi connectivity index (χ1n) is 7.85. The molecule has 126 valence electrons. The van der Waals surface area contributed by atoms with Crippen molar-refractivity contribution in [3.05, 3.63) is 70.4 Å². The van der Waals surface area contributed by atoms with Crippen molar-refractivity contribution in [2.45, 2.75) is 26.4 Å². The SMILES string of the molecule is C=CC(=O)NCc1ccccc1C(=O)NC(c1cccs1)C(C)C. The Hall–Kier alpha value is -2.40. The molecule has 2 aromatic rings. The van der Waals surface area contributed by atoms with Crippen molar-refractivity contribution >= 4 is 23.2 Å². The van der Waals surface area contributed by atoms with Gasteiger partial charge in [0.25, 0.3) is 5.91 Å². The number of carbonyl (C=O) groups is 2. The van der Waals surface area contributed by atoms with E-state index < -0.39 is 0 Å². The van der Waals surface area contributed by atoms with Crippen LogP contribution in [0.5, 0.6) is 0 Å². The molecule has 1 unspecified atom stereocenters. The molecule has 0 fully saturated rings. The Morgan fingerprint density at radius 2 is 1.96 bits per heavy atom. The fraction of sp³-hybridized carbons (Fsp3) is 0.263. The molecule has 1 heterocycles. The van der Waals surface area contributed by atoms with Crippen molar-refractivity contribution in [3.8, 4) is 0 Å². The van der Waals surface area contributed by atoms with E-state index in [0.717, 1.165) is 10.4 Å². The normalized spacial score (nSPS) is 11.8. The van der Waals surface area contributed by atoms with Gasteiger partial charge < -0.3 is 10.6 Å². The van der Waals surface area contributed by atoms with E-state index in [1.54, 1.807) is 17.4 Å². The van der Waals surface area contributed by atoms with Crippen LogP contribution < -0.4 is 10.6 Å². The molecule has 0 spiro atoms. The summed E-state index contributed by atoms with van der Waals surface area (Å²) in [6.45, 7) is 7.89. The predicted molar refractivity (Wildman–Crippen MR) is 97.8 cm³/mol. The second kappa shape index (κ2) is 8.45. The molecule has 0 saturated heterocycles. The van der Waals surface area contributed by atoms with Crippen molar-refractivity contribution in [1.29, 1.82) is 0 Å². The number of benzene rings is 1. The largest absolute Gasteiger partial charge is 0.348 e. The Morgan fingerprint density at radius 3 is 2.58 bits per heavy atom. The van der Waals surface area contributed by atoms with Crippen LogP contribution in [-0.4, -0.2) is 11.8 Å². The Morgan fingerprint density at radius 1 is 1.21 bits per heavy atom. The Balaban J connectivity index is 2.17. The molecule has 0 saturated carbocycles. The smallest absolute Gasteiger partial charge is 0.252 e. The van der Waals surface area contributed by atoms with Crippen LogP contribution >= 0.6 is 11.3 Å². The maximum atomic E-state index is 12.8. The van der Waals surface area contributed by atoms with E-state index in [1.165, 1.54) is 6.08 Å². The molecule has 24 heavy (non-hydrogen) atoms. The molecular weight excluding hydrogens is 320 g/mol. The molecule has 2 amide bonds. The van der Waals surface area contributed by atoms with Crippen LogP contribution in [0, 0.1) is 5.92 Å². The molecule has 0 aliphatic rings. The number of amides is 2. The van der Waals surface area contributed by atoms with E-state index in [-0.39, 0.29) is 23.8 Å². The third-order valence-corrected chi connectivity index (χ3v) is 4.66. The Labute approximate surface area is 146 Å². The van der Waals surface area contributed by atoms with Gasteiger partial charge in [0.15, 0.2) is 0 Å². The first kappa shape index (κ1) is 17.9. The molecule has 1 atom stereocenters. The van der Waals surface area contributed by atoms with E-state index >= 15 is 0 Å². The third-order valence-electron chi connectivity index (χ3n) is 3.70. The van der Waals surface area contributed by atoms with Gasteiger partial charge >= 0.3 is 0 Å². The van der Waals surface area contributed by atoms with E-state index in [9.17, 15) is 9.59 Å². The first-order chi connectivity index (χ1) is 11.5. The lowest BCUT2D eigenvalue weighted by Crippen LogP contribution is -2.32. The van der Waals surface area contributed by atoms with Crippen molar-refractivity contribution in [3.63, 3.8) is 0 Å². The van der Waals surface area contributed by atoms with Crippen LogP contribution in [0.15, 0.2) is 54.4 Å². The Kier molecular flexibility index (Phi) is 6.32. The monoisotopic (exact) mass is 342 g/mol. The van der Waals surface area contributed by atoms with Crippen molar-refractivity contribution in [2.75, 3.05) is 0 Å². The van der Waals surface area contributed by atoms with Crippen molar-refractivity contribution in [1.82, 2.24) is 10.6 Å². The van der Waals surface area contributed by atoms with Gasteiger partial charge in [-0.15, -0.1) is 11.3 Å². The van der Waals surface area contributed by atoms with Crippen molar-refractivity contribution < 1.29 is 9.59 Å². The second-order valence-corrected chi connectivity index (χ2v) is 6.77. The summed E-state index contributed by atoms with van der Waals surface area (Å²) < 4.78 is 0. The maximum absolute atomic E-state index is 12.8. The van der Waals surface area contributed by atoms with Crippen LogP contribution in [0.1, 0.15) is 40.7 Å². The minimum absolute atomic E-state index is 0.0340. The number of rotatable bonds is 7. The standard InChI is InChI=1S/C19H22N2O2S/c1-4-17(22)20-12-14-8-5-6-9-15(14)19(23)21-18(13(2)3)16-10-7-11-24-16/h4-11,13,18H,1,12H2,2-3H3,(H,20,22)(H,21,23). The van der Waals surface area contributed by atoms with Gasteiger partial charge in [-0.05, 0) is 35.1 Å². The molecule has 0 bridgehead atoms. The lowest BCUT2D eigenvalue weighted by Gasteiger charge is -2.22. The molecule has 1 aromatic heterocycles. The zero-order chi connectivity index (χ0) is 17.5. The summed E-state index contributed by atoms with van der Waals surface area (Å²) in [6, 6.07) is 11.3. The molecule has 4 nitrogen and oxygen atoms in total. The fourth-order valence-corrected chi connectivity index (χ4v) is 3.35. The number of hydrogen-bond acceptors (Lipinski definition) is 3. The molecule has 0 radical (unpaired) electrons. The van der Waals surface area contributed by atoms with E-state index in [2.05, 4.69) is 31.1 Å². The molecule has 5 heteroatoms. The molecule has 1 aromatic carbocycles. The molecular formula is C19H22N2O2S. The van der Waals surface area contributed by atoms with Crippen LogP contribution in [0.25, 0.3) is 0 Å². The number of hydrogen-bond donors (Lipinski definition) is 2. The first-order valence-corrected chi connectivity index (χ1v) is 8.73. The topological polar surface area (TPSA) is 58.2 Å². The quantitative estimate of drug-likeness (QED) is 0.754. The van der Waals surface area contributed by atoms with Gasteiger partial charge in [-0.2, -0.15) is 0 Å². The fourth-order valence-electron chi connectivity index (χ4n) is 2.40. The molecule has 2 N–H and O–H groups in total. The predicted octanol–water partition coefficient (Wildman–Crippen LogP) is 3.68. The zero-order valence-corrected chi connectivity index (χ0v) is 14.7. The number of carbonyl (C=O) groups excluding carboxylic acids is 2. The summed E-state index contributed by atoms with van der Waals surface area (Å²) in [6.07, 6.45) is 1.22. The summed E-state index contributed by atoms with van der Waals surface area (Å²) in [5.41, 5.74) is 1.35. The highest BCUT2D eigenvalue weighted by atomic mass is 32.1. The van der Waals surface area contributed by atoms with Gasteiger partial charge in [0.2, 0.25) is 5.91 Å². The molecule has 2 rings (SSSR count). The van der Waals surface area contributed by atoms with Crippen LogP contribution in [-0.2, 0) is 11.3 Å². The highest BCUT2D eigenvalue weighted by molar-refractivity contribution is 7.10. The van der Waals surface area contributed by atoms with Crippen LogP contribution in [0.2, 0.25) is 0 Å². The zero-order valence-electron chi connectivity index (χ0n) is 13.9. The van der Waals surface area contributed by atoms with E-state index in [1.807, 2.05) is 35.7 Å². The van der Waals surface area contributed by atoms with Crippen molar-refractivity contribution in [2.24, 2.45) is 5.92 Å². The summed E-state index contributed by atoms with van der Waals surface area (Å²) >= 11 is 1.64. The summed E-state index contributed by atoms with van der Waals surface area (Å²) in [5.74, 6) is -0.116. The average Bonchev–Trinajstić information content (AvgIpc) is 3.11. The molecule has 0 aliphatic heterocycles. The van der Waals surface area contributed by atoms with E-state index in [0.29, 0.717) is 12.1 Å². The highest BCUT2D eigenvalue weighted by Crippen LogP contribution is 2.26. The number of thiophene rings is 1. The minimum atomic E-state index is -0.260. The maximum Gasteiger partial charge on any atom is 0.252 e. The third kappa shape index (κ3) is 4.55. The van der Waals surface area contributed by atoms with Gasteiger partial charge in [0.05, 0.1) is 6.04 Å². The minimum Gasteiger partial charge on any atom is -0.348 e. The summed E-state index contributed by atoms with van der Waals surface area (Å²) in [7, 11) is 0. The van der Waals surface area contributed by atoms with Gasteiger partial charge in [0, 0.05) is 17.0 Å². The lowest BCUT2D eigenvalue weighted by atomic mass is 10.0. The highest BCUT2D eigenvalue weighted by Gasteiger charge is 2.21. The second-order valence-electron chi connectivity index (χ2n) is 5.79. The van der Waals surface area contributed by atoms with Gasteiger partial charge in [-0.25, -0.2) is 0 Å². The summed E-state index contributed by atoms with van der Waals surface area (Å²) in [5, 5.41) is 7.84. The summed E-state index contributed by atoms with van der Waals surface area (Å²) in [4.78, 5) is 25.2. The van der Waals surface area contributed by atoms with Gasteiger partial charge in [-0.1, -0.05) is 44.7 Å². The number of nitrogens with one attached hydrogen (secondary N) is 2. The average molecular weight is 342 g/mol. The lowest BCUT2D eigenvalue weighted by molar-refractivity contribution is -0.116. The van der Waals surface area contributed by atoms with Crippen LogP contribution in [0.3, 0.4) is 0 Å². The van der Waals surface area contributed by atoms with Gasteiger partial charge in [-0.3, -0.25) is 9.59 Å². The Bertz CT molecular complexity index is 708. The molecule has 0 aliphatic carbocycles. The van der Waals surface area contributed by atoms with E-state index in [4.69, 9.17) is 0 Å².